The van der Waals surface area contributed by atoms with E-state index in [1.807, 2.05) is 6.92 Å². The highest BCUT2D eigenvalue weighted by atomic mass is 16.4. The van der Waals surface area contributed by atoms with Crippen molar-refractivity contribution in [1.82, 2.24) is 0 Å². The standard InChI is InChI=1S/C8H12O3/c1-2-3-5-6(4-9)7(5)8(10)11/h4-7H,2-3H2,1H3,(H,10,11)/t5-,6-,7-/m0/s1. The van der Waals surface area contributed by atoms with E-state index < -0.39 is 5.97 Å². The van der Waals surface area contributed by atoms with E-state index in [-0.39, 0.29) is 17.8 Å². The number of carbonyl (C=O) groups excluding carboxylic acids is 1. The first-order valence-electron chi connectivity index (χ1n) is 3.90. The first-order valence-corrected chi connectivity index (χ1v) is 3.90. The Bertz CT molecular complexity index is 176. The highest BCUT2D eigenvalue weighted by Gasteiger charge is 2.54. The summed E-state index contributed by atoms with van der Waals surface area (Å²) in [5.41, 5.74) is 0. The van der Waals surface area contributed by atoms with E-state index in [9.17, 15) is 9.59 Å². The molecule has 1 rings (SSSR count). The molecule has 1 N–H and O–H groups in total. The van der Waals surface area contributed by atoms with Crippen LogP contribution in [0.5, 0.6) is 0 Å². The highest BCUT2D eigenvalue weighted by molar-refractivity contribution is 5.81. The van der Waals surface area contributed by atoms with Crippen LogP contribution in [0, 0.1) is 17.8 Å². The van der Waals surface area contributed by atoms with Crippen molar-refractivity contribution in [3.63, 3.8) is 0 Å². The molecule has 0 aromatic carbocycles. The second kappa shape index (κ2) is 3.03. The molecule has 0 aromatic rings. The van der Waals surface area contributed by atoms with Gasteiger partial charge in [-0.15, -0.1) is 0 Å². The smallest absolute Gasteiger partial charge is 0.307 e. The molecule has 0 heterocycles. The molecule has 0 aliphatic heterocycles. The van der Waals surface area contributed by atoms with Crippen molar-refractivity contribution in [3.8, 4) is 0 Å². The van der Waals surface area contributed by atoms with E-state index in [0.29, 0.717) is 0 Å². The van der Waals surface area contributed by atoms with Crippen molar-refractivity contribution in [3.05, 3.63) is 0 Å². The van der Waals surface area contributed by atoms with E-state index in [2.05, 4.69) is 0 Å². The van der Waals surface area contributed by atoms with Crippen LogP contribution < -0.4 is 0 Å². The summed E-state index contributed by atoms with van der Waals surface area (Å²) < 4.78 is 0. The van der Waals surface area contributed by atoms with Crippen molar-refractivity contribution in [2.24, 2.45) is 17.8 Å². The van der Waals surface area contributed by atoms with Crippen molar-refractivity contribution in [1.29, 1.82) is 0 Å². The van der Waals surface area contributed by atoms with Crippen LogP contribution in [0.1, 0.15) is 19.8 Å². The van der Waals surface area contributed by atoms with Gasteiger partial charge in [0.15, 0.2) is 0 Å². The van der Waals surface area contributed by atoms with Crippen LogP contribution in [0.4, 0.5) is 0 Å². The number of carboxylic acids is 1. The van der Waals surface area contributed by atoms with Gasteiger partial charge in [-0.3, -0.25) is 4.79 Å². The molecular formula is C8H12O3. The Balaban J connectivity index is 2.45. The molecule has 0 aromatic heterocycles. The molecule has 0 bridgehead atoms. The monoisotopic (exact) mass is 156 g/mol. The minimum absolute atomic E-state index is 0.120. The van der Waals surface area contributed by atoms with Gasteiger partial charge >= 0.3 is 5.97 Å². The second-order valence-electron chi connectivity index (χ2n) is 3.03. The predicted molar refractivity (Wildman–Crippen MR) is 39.1 cm³/mol. The lowest BCUT2D eigenvalue weighted by atomic mass is 10.2. The lowest BCUT2D eigenvalue weighted by molar-refractivity contribution is -0.139. The van der Waals surface area contributed by atoms with E-state index in [4.69, 9.17) is 5.11 Å². The van der Waals surface area contributed by atoms with Gasteiger partial charge in [0.2, 0.25) is 0 Å². The van der Waals surface area contributed by atoms with E-state index in [1.54, 1.807) is 0 Å². The molecule has 0 radical (unpaired) electrons. The fourth-order valence-corrected chi connectivity index (χ4v) is 1.64. The summed E-state index contributed by atoms with van der Waals surface area (Å²) in [6.07, 6.45) is 2.60. The van der Waals surface area contributed by atoms with Crippen LogP contribution in [0.3, 0.4) is 0 Å². The van der Waals surface area contributed by atoms with Gasteiger partial charge in [0.1, 0.15) is 6.29 Å². The van der Waals surface area contributed by atoms with Crippen LogP contribution in [0.15, 0.2) is 0 Å². The maximum atomic E-state index is 10.5. The average Bonchev–Trinajstić information content (AvgIpc) is 2.63. The quantitative estimate of drug-likeness (QED) is 0.616. The Labute approximate surface area is 65.4 Å². The third kappa shape index (κ3) is 1.42. The molecule has 0 spiro atoms. The number of aliphatic carboxylic acids is 1. The second-order valence-corrected chi connectivity index (χ2v) is 3.03. The van der Waals surface area contributed by atoms with E-state index >= 15 is 0 Å². The third-order valence-corrected chi connectivity index (χ3v) is 2.29. The number of hydrogen-bond donors (Lipinski definition) is 1. The lowest BCUT2D eigenvalue weighted by Gasteiger charge is -1.89. The number of hydrogen-bond acceptors (Lipinski definition) is 2. The van der Waals surface area contributed by atoms with Crippen LogP contribution in [0.2, 0.25) is 0 Å². The Hall–Kier alpha value is -0.860. The van der Waals surface area contributed by atoms with Gasteiger partial charge in [0.25, 0.3) is 0 Å². The fraction of sp³-hybridized carbons (Fsp3) is 0.750. The lowest BCUT2D eigenvalue weighted by Crippen LogP contribution is -2.00. The minimum Gasteiger partial charge on any atom is -0.481 e. The summed E-state index contributed by atoms with van der Waals surface area (Å²) in [5.74, 6) is -1.28. The molecule has 3 atom stereocenters. The Morgan fingerprint density at radius 3 is 2.55 bits per heavy atom. The van der Waals surface area contributed by atoms with Gasteiger partial charge in [-0.1, -0.05) is 13.3 Å². The molecule has 3 heteroatoms. The summed E-state index contributed by atoms with van der Waals surface area (Å²) in [5, 5.41) is 8.59. The normalized spacial score (nSPS) is 34.8. The summed E-state index contributed by atoms with van der Waals surface area (Å²) in [7, 11) is 0. The number of carbonyl (C=O) groups is 2. The molecule has 3 nitrogen and oxygen atoms in total. The Kier molecular flexibility index (Phi) is 2.27. The predicted octanol–water partition coefficient (Wildman–Crippen LogP) is 0.932. The maximum absolute atomic E-state index is 10.5. The van der Waals surface area contributed by atoms with Gasteiger partial charge < -0.3 is 9.90 Å². The molecule has 1 fully saturated rings. The molecule has 1 aliphatic rings. The molecule has 1 aliphatic carbocycles. The number of rotatable bonds is 4. The van der Waals surface area contributed by atoms with Crippen LogP contribution >= 0.6 is 0 Å². The molecule has 1 saturated carbocycles. The van der Waals surface area contributed by atoms with Crippen LogP contribution in [-0.4, -0.2) is 17.4 Å². The van der Waals surface area contributed by atoms with Gasteiger partial charge in [-0.05, 0) is 12.3 Å². The molecule has 11 heavy (non-hydrogen) atoms. The topological polar surface area (TPSA) is 54.4 Å². The molecule has 0 unspecified atom stereocenters. The SMILES string of the molecule is CCC[C@H]1[C@H](C=O)[C@H]1C(=O)O. The van der Waals surface area contributed by atoms with Gasteiger partial charge in [-0.25, -0.2) is 0 Å². The zero-order valence-corrected chi connectivity index (χ0v) is 6.49. The maximum Gasteiger partial charge on any atom is 0.307 e. The molecule has 0 amide bonds. The van der Waals surface area contributed by atoms with Crippen molar-refractivity contribution >= 4 is 12.3 Å². The number of carboxylic acid groups (broad SMARTS) is 1. The summed E-state index contributed by atoms with van der Waals surface area (Å²) in [6, 6.07) is 0. The fourth-order valence-electron chi connectivity index (χ4n) is 1.64. The molecule has 62 valence electrons. The molecule has 0 saturated heterocycles. The van der Waals surface area contributed by atoms with Crippen LogP contribution in [0.25, 0.3) is 0 Å². The highest BCUT2D eigenvalue weighted by Crippen LogP contribution is 2.47. The largest absolute Gasteiger partial charge is 0.481 e. The Morgan fingerprint density at radius 1 is 1.64 bits per heavy atom. The summed E-state index contributed by atoms with van der Waals surface area (Å²) in [6.45, 7) is 2.00. The molecular weight excluding hydrogens is 144 g/mol. The minimum atomic E-state index is -0.819. The van der Waals surface area contributed by atoms with Gasteiger partial charge in [-0.2, -0.15) is 0 Å². The zero-order valence-electron chi connectivity index (χ0n) is 6.49. The average molecular weight is 156 g/mol. The number of aldehydes is 1. The first kappa shape index (κ1) is 8.24. The summed E-state index contributed by atoms with van der Waals surface area (Å²) in [4.78, 5) is 20.8. The van der Waals surface area contributed by atoms with Crippen molar-refractivity contribution < 1.29 is 14.7 Å². The first-order chi connectivity index (χ1) is 5.22. The Morgan fingerprint density at radius 2 is 2.27 bits per heavy atom. The van der Waals surface area contributed by atoms with Crippen LogP contribution in [-0.2, 0) is 9.59 Å². The van der Waals surface area contributed by atoms with Gasteiger partial charge in [0, 0.05) is 5.92 Å². The van der Waals surface area contributed by atoms with E-state index in [1.165, 1.54) is 0 Å². The summed E-state index contributed by atoms with van der Waals surface area (Å²) >= 11 is 0. The van der Waals surface area contributed by atoms with Gasteiger partial charge in [0.05, 0.1) is 5.92 Å². The van der Waals surface area contributed by atoms with Crippen molar-refractivity contribution in [2.45, 2.75) is 19.8 Å². The zero-order chi connectivity index (χ0) is 8.43. The van der Waals surface area contributed by atoms with E-state index in [0.717, 1.165) is 19.1 Å². The third-order valence-electron chi connectivity index (χ3n) is 2.29. The van der Waals surface area contributed by atoms with Crippen molar-refractivity contribution in [2.75, 3.05) is 0 Å².